The Hall–Kier alpha value is -3.76. The second-order valence-corrected chi connectivity index (χ2v) is 8.92. The number of halogens is 4. The minimum atomic E-state index is -1.42. The fourth-order valence-electron chi connectivity index (χ4n) is 4.24. The first kappa shape index (κ1) is 28.8. The summed E-state index contributed by atoms with van der Waals surface area (Å²) in [6.07, 6.45) is -0.925. The van der Waals surface area contributed by atoms with Gasteiger partial charge >= 0.3 is 0 Å². The molecule has 0 bridgehead atoms. The molecule has 0 saturated heterocycles. The van der Waals surface area contributed by atoms with Crippen molar-refractivity contribution in [1.82, 2.24) is 10.2 Å². The van der Waals surface area contributed by atoms with Gasteiger partial charge in [-0.25, -0.2) is 17.6 Å². The van der Waals surface area contributed by atoms with Gasteiger partial charge in [-0.3, -0.25) is 9.59 Å². The fraction of sp³-hybridized carbons (Fsp3) is 0.286. The number of aliphatic hydroxyl groups excluding tert-OH is 1. The molecule has 0 aliphatic rings. The lowest BCUT2D eigenvalue weighted by molar-refractivity contribution is -0.119. The van der Waals surface area contributed by atoms with Crippen molar-refractivity contribution < 1.29 is 32.3 Å². The molecule has 2 atom stereocenters. The molecule has 6 nitrogen and oxygen atoms in total. The van der Waals surface area contributed by atoms with Crippen LogP contribution in [0.4, 0.5) is 17.6 Å². The number of carbonyl (C=O) groups is 2. The van der Waals surface area contributed by atoms with Gasteiger partial charge < -0.3 is 21.1 Å². The Morgan fingerprint density at radius 1 is 0.921 bits per heavy atom. The zero-order valence-electron chi connectivity index (χ0n) is 20.8. The first-order chi connectivity index (χ1) is 18.1. The molecule has 2 amide bonds. The van der Waals surface area contributed by atoms with Crippen LogP contribution in [0.25, 0.3) is 0 Å². The summed E-state index contributed by atoms with van der Waals surface area (Å²) in [4.78, 5) is 25.9. The molecule has 10 heteroatoms. The molecule has 0 aliphatic carbocycles. The maximum Gasteiger partial charge on any atom is 0.260 e. The first-order valence-electron chi connectivity index (χ1n) is 12.0. The highest BCUT2D eigenvalue weighted by atomic mass is 19.1. The number of benzene rings is 3. The lowest BCUT2D eigenvalue weighted by Gasteiger charge is -2.35. The van der Waals surface area contributed by atoms with E-state index in [1.807, 2.05) is 31.2 Å². The molecule has 0 unspecified atom stereocenters. The standard InChI is InChI=1S/C28H29F4N3O3/c1-2-17-5-3-6-18(9-17)14-34-15-25(36)24(12-19-10-20(29)13-21(30)11-19)35(16-26(33)37)28(38)27-22(31)7-4-8-23(27)32/h3-11,13,24-25,34,36H,2,12,14-16H2,1H3,(H2,33,37)/t24-,25+/m0/s1. The van der Waals surface area contributed by atoms with E-state index in [9.17, 15) is 32.3 Å². The molecule has 202 valence electrons. The van der Waals surface area contributed by atoms with E-state index < -0.39 is 59.3 Å². The van der Waals surface area contributed by atoms with Crippen molar-refractivity contribution >= 4 is 11.8 Å². The van der Waals surface area contributed by atoms with E-state index in [1.165, 1.54) is 0 Å². The molecule has 0 spiro atoms. The molecule has 3 aromatic rings. The second kappa shape index (κ2) is 13.2. The van der Waals surface area contributed by atoms with Crippen LogP contribution < -0.4 is 11.1 Å². The zero-order chi connectivity index (χ0) is 27.8. The molecule has 0 radical (unpaired) electrons. The molecule has 0 aromatic heterocycles. The minimum Gasteiger partial charge on any atom is -0.390 e. The summed E-state index contributed by atoms with van der Waals surface area (Å²) in [5.74, 6) is -6.39. The number of hydrogen-bond donors (Lipinski definition) is 3. The van der Waals surface area contributed by atoms with Gasteiger partial charge in [0.05, 0.1) is 12.1 Å². The van der Waals surface area contributed by atoms with Gasteiger partial charge in [0.2, 0.25) is 5.91 Å². The van der Waals surface area contributed by atoms with Gasteiger partial charge in [0.15, 0.2) is 0 Å². The van der Waals surface area contributed by atoms with E-state index in [1.54, 1.807) is 0 Å². The van der Waals surface area contributed by atoms with Crippen molar-refractivity contribution in [3.63, 3.8) is 0 Å². The number of nitrogens with one attached hydrogen (secondary N) is 1. The molecule has 0 saturated carbocycles. The third-order valence-electron chi connectivity index (χ3n) is 6.06. The van der Waals surface area contributed by atoms with Gasteiger partial charge in [0.1, 0.15) is 35.4 Å². The normalized spacial score (nSPS) is 12.7. The van der Waals surface area contributed by atoms with Gasteiger partial charge in [-0.2, -0.15) is 0 Å². The van der Waals surface area contributed by atoms with E-state index in [2.05, 4.69) is 5.32 Å². The molecule has 38 heavy (non-hydrogen) atoms. The maximum atomic E-state index is 14.5. The summed E-state index contributed by atoms with van der Waals surface area (Å²) in [6, 6.07) is 11.9. The lowest BCUT2D eigenvalue weighted by Crippen LogP contribution is -2.54. The average Bonchev–Trinajstić information content (AvgIpc) is 2.85. The predicted molar refractivity (Wildman–Crippen MR) is 134 cm³/mol. The van der Waals surface area contributed by atoms with Gasteiger partial charge in [-0.05, 0) is 53.8 Å². The average molecular weight is 532 g/mol. The van der Waals surface area contributed by atoms with Crippen molar-refractivity contribution in [3.05, 3.63) is 106 Å². The number of rotatable bonds is 12. The van der Waals surface area contributed by atoms with E-state index in [-0.39, 0.29) is 18.5 Å². The highest BCUT2D eigenvalue weighted by molar-refractivity contribution is 5.97. The molecular weight excluding hydrogens is 502 g/mol. The number of amides is 2. The van der Waals surface area contributed by atoms with E-state index in [0.717, 1.165) is 52.8 Å². The summed E-state index contributed by atoms with van der Waals surface area (Å²) < 4.78 is 56.7. The number of nitrogens with zero attached hydrogens (tertiary/aromatic N) is 1. The van der Waals surface area contributed by atoms with Gasteiger partial charge in [-0.15, -0.1) is 0 Å². The summed E-state index contributed by atoms with van der Waals surface area (Å²) in [5, 5.41) is 14.2. The minimum absolute atomic E-state index is 0.0541. The number of aliphatic hydroxyl groups is 1. The van der Waals surface area contributed by atoms with Crippen molar-refractivity contribution in [2.75, 3.05) is 13.1 Å². The summed E-state index contributed by atoms with van der Waals surface area (Å²) in [7, 11) is 0. The Morgan fingerprint density at radius 2 is 1.53 bits per heavy atom. The van der Waals surface area contributed by atoms with Crippen molar-refractivity contribution in [3.8, 4) is 0 Å². The number of carbonyl (C=O) groups excluding carboxylic acids is 2. The fourth-order valence-corrected chi connectivity index (χ4v) is 4.24. The number of hydrogen-bond acceptors (Lipinski definition) is 4. The Bertz CT molecular complexity index is 1250. The molecule has 0 fully saturated rings. The van der Waals surface area contributed by atoms with Crippen LogP contribution in [0.5, 0.6) is 0 Å². The van der Waals surface area contributed by atoms with Crippen LogP contribution in [-0.2, 0) is 24.2 Å². The Labute approximate surface area is 218 Å². The van der Waals surface area contributed by atoms with E-state index in [0.29, 0.717) is 12.6 Å². The van der Waals surface area contributed by atoms with Crippen molar-refractivity contribution in [2.45, 2.75) is 38.5 Å². The maximum absolute atomic E-state index is 14.5. The van der Waals surface area contributed by atoms with Crippen LogP contribution in [0.15, 0.2) is 60.7 Å². The molecule has 3 aromatic carbocycles. The van der Waals surface area contributed by atoms with Crippen molar-refractivity contribution in [2.24, 2.45) is 5.73 Å². The number of primary amides is 1. The summed E-state index contributed by atoms with van der Waals surface area (Å²) >= 11 is 0. The Kier molecular flexibility index (Phi) is 9.98. The molecule has 0 aliphatic heterocycles. The quantitative estimate of drug-likeness (QED) is 0.312. The highest BCUT2D eigenvalue weighted by Gasteiger charge is 2.34. The molecule has 4 N–H and O–H groups in total. The third-order valence-corrected chi connectivity index (χ3v) is 6.06. The second-order valence-electron chi connectivity index (χ2n) is 8.92. The van der Waals surface area contributed by atoms with Gasteiger partial charge in [0.25, 0.3) is 5.91 Å². The number of aryl methyl sites for hydroxylation is 1. The van der Waals surface area contributed by atoms with Crippen LogP contribution in [0, 0.1) is 23.3 Å². The molecule has 0 heterocycles. The first-order valence-corrected chi connectivity index (χ1v) is 12.0. The smallest absolute Gasteiger partial charge is 0.260 e. The number of nitrogens with two attached hydrogens (primary N) is 1. The van der Waals surface area contributed by atoms with E-state index >= 15 is 0 Å². The van der Waals surface area contributed by atoms with Crippen LogP contribution in [-0.4, -0.2) is 47.1 Å². The molecule has 3 rings (SSSR count). The van der Waals surface area contributed by atoms with Crippen LogP contribution in [0.1, 0.15) is 34.0 Å². The topological polar surface area (TPSA) is 95.7 Å². The summed E-state index contributed by atoms with van der Waals surface area (Å²) in [6.45, 7) is 1.43. The van der Waals surface area contributed by atoms with Gasteiger partial charge in [-0.1, -0.05) is 37.3 Å². The van der Waals surface area contributed by atoms with Gasteiger partial charge in [0, 0.05) is 19.2 Å². The predicted octanol–water partition coefficient (Wildman–Crippen LogP) is 3.49. The lowest BCUT2D eigenvalue weighted by atomic mass is 9.97. The van der Waals surface area contributed by atoms with Crippen molar-refractivity contribution in [1.29, 1.82) is 0 Å². The third kappa shape index (κ3) is 7.62. The largest absolute Gasteiger partial charge is 0.390 e. The Morgan fingerprint density at radius 3 is 2.13 bits per heavy atom. The van der Waals surface area contributed by atoms with Crippen LogP contribution >= 0.6 is 0 Å². The Balaban J connectivity index is 1.93. The van der Waals surface area contributed by atoms with Crippen LogP contribution in [0.3, 0.4) is 0 Å². The zero-order valence-corrected chi connectivity index (χ0v) is 20.8. The van der Waals surface area contributed by atoms with E-state index in [4.69, 9.17) is 5.73 Å². The SMILES string of the molecule is CCc1cccc(CNC[C@@H](O)[C@H](Cc2cc(F)cc(F)c2)N(CC(N)=O)C(=O)c2c(F)cccc2F)c1. The summed E-state index contributed by atoms with van der Waals surface area (Å²) in [5.41, 5.74) is 6.48. The highest BCUT2D eigenvalue weighted by Crippen LogP contribution is 2.21. The molecular formula is C28H29F4N3O3. The van der Waals surface area contributed by atoms with Crippen LogP contribution in [0.2, 0.25) is 0 Å². The monoisotopic (exact) mass is 531 g/mol.